The Hall–Kier alpha value is -1.40. The first-order valence-electron chi connectivity index (χ1n) is 6.51. The van der Waals surface area contributed by atoms with E-state index in [1.165, 1.54) is 0 Å². The largest absolute Gasteiger partial charge is 0.444 e. The number of rotatable bonds is 1. The smallest absolute Gasteiger partial charge is 0.408 e. The van der Waals surface area contributed by atoms with E-state index < -0.39 is 24.0 Å². The Morgan fingerprint density at radius 2 is 2.15 bits per heavy atom. The Kier molecular flexibility index (Phi) is 4.45. The summed E-state index contributed by atoms with van der Waals surface area (Å²) < 4.78 is 5.21. The predicted molar refractivity (Wildman–Crippen MR) is 80.0 cm³/mol. The van der Waals surface area contributed by atoms with Crippen LogP contribution in [0.25, 0.3) is 0 Å². The number of carbonyl (C=O) groups is 1. The van der Waals surface area contributed by atoms with Gasteiger partial charge in [0.05, 0.1) is 6.04 Å². The SMILES string of the molecule is CC(C)(C)OC(=O)N[C@H]1CSc2ccccc2NC1O. The van der Waals surface area contributed by atoms with Crippen molar-refractivity contribution < 1.29 is 14.6 Å². The third-order valence-electron chi connectivity index (χ3n) is 2.69. The van der Waals surface area contributed by atoms with Crippen LogP contribution in [0.4, 0.5) is 10.5 Å². The van der Waals surface area contributed by atoms with Crippen LogP contribution in [-0.4, -0.2) is 34.8 Å². The van der Waals surface area contributed by atoms with Crippen molar-refractivity contribution in [2.75, 3.05) is 11.1 Å². The van der Waals surface area contributed by atoms with Crippen LogP contribution < -0.4 is 10.6 Å². The molecular weight excluding hydrogens is 276 g/mol. The van der Waals surface area contributed by atoms with Gasteiger partial charge in [0.2, 0.25) is 0 Å². The average Bonchev–Trinajstić information content (AvgIpc) is 2.47. The fourth-order valence-corrected chi connectivity index (χ4v) is 2.90. The van der Waals surface area contributed by atoms with Gasteiger partial charge < -0.3 is 20.5 Å². The van der Waals surface area contributed by atoms with E-state index in [1.54, 1.807) is 32.5 Å². The van der Waals surface area contributed by atoms with E-state index in [0.29, 0.717) is 5.75 Å². The zero-order valence-electron chi connectivity index (χ0n) is 11.8. The standard InChI is InChI=1S/C14H20N2O3S/c1-14(2,3)19-13(18)16-10-8-20-11-7-5-4-6-9(11)15-12(10)17/h4-7,10,12,15,17H,8H2,1-3H3,(H,16,18)/t10-,12?/m0/s1. The highest BCUT2D eigenvalue weighted by Gasteiger charge is 2.27. The summed E-state index contributed by atoms with van der Waals surface area (Å²) in [6.07, 6.45) is -1.37. The monoisotopic (exact) mass is 296 g/mol. The molecule has 0 fully saturated rings. The number of carbonyl (C=O) groups excluding carboxylic acids is 1. The van der Waals surface area contributed by atoms with Gasteiger partial charge in [-0.1, -0.05) is 12.1 Å². The number of nitrogens with one attached hydrogen (secondary N) is 2. The lowest BCUT2D eigenvalue weighted by Gasteiger charge is -2.25. The third kappa shape index (κ3) is 4.05. The Labute approximate surface area is 123 Å². The predicted octanol–water partition coefficient (Wildman–Crippen LogP) is 2.42. The lowest BCUT2D eigenvalue weighted by Crippen LogP contribution is -2.49. The highest BCUT2D eigenvalue weighted by atomic mass is 32.2. The van der Waals surface area contributed by atoms with Crippen molar-refractivity contribution >= 4 is 23.5 Å². The molecule has 2 rings (SSSR count). The van der Waals surface area contributed by atoms with E-state index in [2.05, 4.69) is 10.6 Å². The van der Waals surface area contributed by atoms with Crippen molar-refractivity contribution in [3.05, 3.63) is 24.3 Å². The van der Waals surface area contributed by atoms with Crippen molar-refractivity contribution in [1.82, 2.24) is 5.32 Å². The van der Waals surface area contributed by atoms with E-state index in [4.69, 9.17) is 4.74 Å². The maximum Gasteiger partial charge on any atom is 0.408 e. The van der Waals surface area contributed by atoms with Crippen LogP contribution in [0.2, 0.25) is 0 Å². The molecule has 3 N–H and O–H groups in total. The highest BCUT2D eigenvalue weighted by Crippen LogP contribution is 2.31. The minimum absolute atomic E-state index is 0.415. The molecule has 110 valence electrons. The first-order chi connectivity index (χ1) is 9.35. The summed E-state index contributed by atoms with van der Waals surface area (Å²) in [7, 11) is 0. The summed E-state index contributed by atoms with van der Waals surface area (Å²) in [4.78, 5) is 12.8. The van der Waals surface area contributed by atoms with Crippen LogP contribution in [0, 0.1) is 0 Å². The number of hydrogen-bond acceptors (Lipinski definition) is 5. The van der Waals surface area contributed by atoms with Crippen LogP contribution in [0.5, 0.6) is 0 Å². The Balaban J connectivity index is 2.00. The number of benzene rings is 1. The van der Waals surface area contributed by atoms with Crippen LogP contribution >= 0.6 is 11.8 Å². The van der Waals surface area contributed by atoms with E-state index in [9.17, 15) is 9.90 Å². The lowest BCUT2D eigenvalue weighted by molar-refractivity contribution is 0.0458. The number of aliphatic hydroxyl groups is 1. The molecule has 20 heavy (non-hydrogen) atoms. The molecule has 0 aromatic heterocycles. The number of hydrogen-bond donors (Lipinski definition) is 3. The first-order valence-corrected chi connectivity index (χ1v) is 7.50. The van der Waals surface area contributed by atoms with Gasteiger partial charge in [0.1, 0.15) is 11.8 Å². The van der Waals surface area contributed by atoms with Gasteiger partial charge in [-0.3, -0.25) is 0 Å². The van der Waals surface area contributed by atoms with Gasteiger partial charge in [-0.05, 0) is 32.9 Å². The summed E-state index contributed by atoms with van der Waals surface area (Å²) in [5.74, 6) is 0.574. The number of thioether (sulfide) groups is 1. The number of amides is 1. The molecular formula is C14H20N2O3S. The molecule has 1 heterocycles. The molecule has 5 nitrogen and oxygen atoms in total. The van der Waals surface area contributed by atoms with E-state index >= 15 is 0 Å². The normalized spacial score (nSPS) is 22.2. The van der Waals surface area contributed by atoms with Gasteiger partial charge >= 0.3 is 6.09 Å². The van der Waals surface area contributed by atoms with Gasteiger partial charge in [0.15, 0.2) is 0 Å². The zero-order valence-corrected chi connectivity index (χ0v) is 12.7. The van der Waals surface area contributed by atoms with Crippen molar-refractivity contribution in [2.45, 2.75) is 43.5 Å². The van der Waals surface area contributed by atoms with E-state index in [-0.39, 0.29) is 0 Å². The maximum absolute atomic E-state index is 11.8. The lowest BCUT2D eigenvalue weighted by atomic mass is 10.2. The zero-order chi connectivity index (χ0) is 14.8. The minimum atomic E-state index is -0.848. The van der Waals surface area contributed by atoms with Crippen molar-refractivity contribution in [3.63, 3.8) is 0 Å². The highest BCUT2D eigenvalue weighted by molar-refractivity contribution is 7.99. The summed E-state index contributed by atoms with van der Waals surface area (Å²) in [5.41, 5.74) is 0.321. The summed E-state index contributed by atoms with van der Waals surface area (Å²) in [6.45, 7) is 5.41. The quantitative estimate of drug-likeness (QED) is 0.742. The third-order valence-corrected chi connectivity index (χ3v) is 3.88. The number of aliphatic hydroxyl groups excluding tert-OH is 1. The molecule has 0 saturated carbocycles. The van der Waals surface area contributed by atoms with Crippen molar-refractivity contribution in [2.24, 2.45) is 0 Å². The first kappa shape index (κ1) is 15.0. The van der Waals surface area contributed by atoms with Gasteiger partial charge in [-0.25, -0.2) is 4.79 Å². The van der Waals surface area contributed by atoms with Crippen LogP contribution in [-0.2, 0) is 4.74 Å². The summed E-state index contributed by atoms with van der Waals surface area (Å²) in [5, 5.41) is 15.9. The second-order valence-electron chi connectivity index (χ2n) is 5.65. The maximum atomic E-state index is 11.8. The van der Waals surface area contributed by atoms with Gasteiger partial charge in [0.25, 0.3) is 0 Å². The molecule has 2 atom stereocenters. The molecule has 1 aliphatic rings. The molecule has 1 aliphatic heterocycles. The van der Waals surface area contributed by atoms with Gasteiger partial charge in [0, 0.05) is 16.3 Å². The molecule has 1 unspecified atom stereocenters. The second kappa shape index (κ2) is 5.93. The van der Waals surface area contributed by atoms with Crippen molar-refractivity contribution in [1.29, 1.82) is 0 Å². The van der Waals surface area contributed by atoms with Crippen LogP contribution in [0.15, 0.2) is 29.2 Å². The fraction of sp³-hybridized carbons (Fsp3) is 0.500. The Bertz CT molecular complexity index is 488. The molecule has 0 spiro atoms. The molecule has 0 radical (unpaired) electrons. The number of ether oxygens (including phenoxy) is 1. The molecule has 0 saturated heterocycles. The fourth-order valence-electron chi connectivity index (χ4n) is 1.82. The van der Waals surface area contributed by atoms with E-state index in [1.807, 2.05) is 24.3 Å². The molecule has 0 aliphatic carbocycles. The second-order valence-corrected chi connectivity index (χ2v) is 6.71. The molecule has 6 heteroatoms. The Morgan fingerprint density at radius 1 is 1.45 bits per heavy atom. The van der Waals surface area contributed by atoms with Crippen LogP contribution in [0.1, 0.15) is 20.8 Å². The van der Waals surface area contributed by atoms with Gasteiger partial charge in [-0.15, -0.1) is 11.8 Å². The summed E-state index contributed by atoms with van der Waals surface area (Å²) >= 11 is 1.59. The summed E-state index contributed by atoms with van der Waals surface area (Å²) in [6, 6.07) is 7.32. The minimum Gasteiger partial charge on any atom is -0.444 e. The molecule has 0 bridgehead atoms. The molecule has 1 amide bonds. The molecule has 1 aromatic carbocycles. The van der Waals surface area contributed by atoms with E-state index in [0.717, 1.165) is 10.6 Å². The number of fused-ring (bicyclic) bond motifs is 1. The van der Waals surface area contributed by atoms with Gasteiger partial charge in [-0.2, -0.15) is 0 Å². The average molecular weight is 296 g/mol. The number of para-hydroxylation sites is 1. The van der Waals surface area contributed by atoms with Crippen molar-refractivity contribution in [3.8, 4) is 0 Å². The Morgan fingerprint density at radius 3 is 2.85 bits per heavy atom. The number of anilines is 1. The molecule has 1 aromatic rings. The number of alkyl carbamates (subject to hydrolysis) is 1. The topological polar surface area (TPSA) is 70.6 Å². The van der Waals surface area contributed by atoms with Crippen LogP contribution in [0.3, 0.4) is 0 Å².